The van der Waals surface area contributed by atoms with E-state index in [-0.39, 0.29) is 6.61 Å². The normalized spacial score (nSPS) is 13.2. The summed E-state index contributed by atoms with van der Waals surface area (Å²) in [5.74, 6) is 1.71. The highest BCUT2D eigenvalue weighted by molar-refractivity contribution is 5.69. The van der Waals surface area contributed by atoms with E-state index in [0.717, 1.165) is 47.1 Å². The van der Waals surface area contributed by atoms with Gasteiger partial charge in [0.1, 0.15) is 11.6 Å². The van der Waals surface area contributed by atoms with Crippen molar-refractivity contribution < 1.29 is 9.84 Å². The fraction of sp³-hybridized carbons (Fsp3) is 0.400. The molecule has 1 N–H and O–H groups in total. The monoisotopic (exact) mass is 352 g/mol. The molecule has 0 atom stereocenters. The van der Waals surface area contributed by atoms with Crippen LogP contribution in [0.25, 0.3) is 17.1 Å². The number of aliphatic hydroxyl groups excluding tert-OH is 1. The molecule has 6 nitrogen and oxygen atoms in total. The van der Waals surface area contributed by atoms with Gasteiger partial charge in [-0.3, -0.25) is 9.25 Å². The van der Waals surface area contributed by atoms with E-state index in [0.29, 0.717) is 6.54 Å². The molecule has 6 heteroatoms. The minimum Gasteiger partial charge on any atom is -0.496 e. The van der Waals surface area contributed by atoms with E-state index in [1.54, 1.807) is 7.11 Å². The Bertz CT molecular complexity index is 955. The summed E-state index contributed by atoms with van der Waals surface area (Å²) in [6, 6.07) is 4.38. The van der Waals surface area contributed by atoms with E-state index in [2.05, 4.69) is 26.8 Å². The van der Waals surface area contributed by atoms with Crippen molar-refractivity contribution in [2.24, 2.45) is 0 Å². The third kappa shape index (κ3) is 2.61. The Morgan fingerprint density at radius 1 is 1.19 bits per heavy atom. The molecule has 0 bridgehead atoms. The Balaban J connectivity index is 1.87. The summed E-state index contributed by atoms with van der Waals surface area (Å²) in [6.45, 7) is 4.56. The van der Waals surface area contributed by atoms with Crippen LogP contribution in [0, 0.1) is 13.8 Å². The van der Waals surface area contributed by atoms with Gasteiger partial charge >= 0.3 is 0 Å². The van der Waals surface area contributed by atoms with E-state index < -0.39 is 0 Å². The van der Waals surface area contributed by atoms with Crippen LogP contribution in [0.1, 0.15) is 28.9 Å². The molecule has 136 valence electrons. The highest BCUT2D eigenvalue weighted by atomic mass is 16.5. The lowest BCUT2D eigenvalue weighted by molar-refractivity contribution is 0.268. The Labute approximate surface area is 153 Å². The van der Waals surface area contributed by atoms with E-state index in [1.807, 2.05) is 30.9 Å². The highest BCUT2D eigenvalue weighted by Gasteiger charge is 2.22. The second kappa shape index (κ2) is 6.61. The van der Waals surface area contributed by atoms with Crippen molar-refractivity contribution in [3.63, 3.8) is 0 Å². The van der Waals surface area contributed by atoms with Crippen LogP contribution < -0.4 is 4.74 Å². The van der Waals surface area contributed by atoms with Crippen molar-refractivity contribution in [3.05, 3.63) is 47.0 Å². The molecular formula is C20H24N4O2. The van der Waals surface area contributed by atoms with Crippen LogP contribution >= 0.6 is 0 Å². The summed E-state index contributed by atoms with van der Waals surface area (Å²) in [6.07, 6.45) is 7.20. The number of benzene rings is 1. The lowest BCUT2D eigenvalue weighted by atomic mass is 10.0. The average molecular weight is 352 g/mol. The maximum Gasteiger partial charge on any atom is 0.148 e. The first kappa shape index (κ1) is 16.8. The second-order valence-electron chi connectivity index (χ2n) is 6.76. The lowest BCUT2D eigenvalue weighted by Gasteiger charge is -2.14. The predicted octanol–water partition coefficient (Wildman–Crippen LogP) is 2.84. The molecule has 26 heavy (non-hydrogen) atoms. The van der Waals surface area contributed by atoms with Crippen LogP contribution in [0.3, 0.4) is 0 Å². The molecule has 0 spiro atoms. The standard InChI is InChI=1S/C20H24N4O2/c1-13-19(14(2)24(22-13)9-10-25)23-8-7-21-20(23)17-11-15-5-4-6-16(15)12-18(17)26-3/h7-8,11-12,25H,4-6,9-10H2,1-3H3. The molecule has 0 fully saturated rings. The predicted molar refractivity (Wildman–Crippen MR) is 99.9 cm³/mol. The summed E-state index contributed by atoms with van der Waals surface area (Å²) in [5.41, 5.74) is 6.71. The van der Waals surface area contributed by atoms with Gasteiger partial charge in [-0.15, -0.1) is 0 Å². The van der Waals surface area contributed by atoms with Crippen molar-refractivity contribution in [1.82, 2.24) is 19.3 Å². The Morgan fingerprint density at radius 3 is 2.69 bits per heavy atom. The minimum absolute atomic E-state index is 0.0663. The van der Waals surface area contributed by atoms with Crippen LogP contribution in [-0.4, -0.2) is 38.2 Å². The van der Waals surface area contributed by atoms with Crippen molar-refractivity contribution in [3.8, 4) is 22.8 Å². The SMILES string of the molecule is COc1cc2c(cc1-c1nccn1-c1c(C)nn(CCO)c1C)CCC2. The first-order valence-corrected chi connectivity index (χ1v) is 9.02. The number of methoxy groups -OCH3 is 1. The number of aryl methyl sites for hydroxylation is 3. The molecule has 4 rings (SSSR count). The minimum atomic E-state index is 0.0663. The largest absolute Gasteiger partial charge is 0.496 e. The maximum atomic E-state index is 9.27. The van der Waals surface area contributed by atoms with Crippen LogP contribution in [-0.2, 0) is 19.4 Å². The summed E-state index contributed by atoms with van der Waals surface area (Å²) in [7, 11) is 1.71. The Morgan fingerprint density at radius 2 is 1.96 bits per heavy atom. The summed E-state index contributed by atoms with van der Waals surface area (Å²) < 4.78 is 9.60. The van der Waals surface area contributed by atoms with Gasteiger partial charge in [0, 0.05) is 12.4 Å². The molecule has 0 saturated heterocycles. The first-order chi connectivity index (χ1) is 12.6. The molecule has 2 aromatic heterocycles. The molecule has 0 unspecified atom stereocenters. The Kier molecular flexibility index (Phi) is 4.28. The van der Waals surface area contributed by atoms with Gasteiger partial charge in [0.2, 0.25) is 0 Å². The summed E-state index contributed by atoms with van der Waals surface area (Å²) >= 11 is 0. The van der Waals surface area contributed by atoms with Gasteiger partial charge in [-0.05, 0) is 56.4 Å². The molecular weight excluding hydrogens is 328 g/mol. The fourth-order valence-electron chi connectivity index (χ4n) is 3.98. The first-order valence-electron chi connectivity index (χ1n) is 9.02. The highest BCUT2D eigenvalue weighted by Crippen LogP contribution is 2.37. The number of nitrogens with zero attached hydrogens (tertiary/aromatic N) is 4. The molecule has 0 saturated carbocycles. The molecule has 0 amide bonds. The number of imidazole rings is 1. The zero-order valence-electron chi connectivity index (χ0n) is 15.5. The zero-order valence-corrected chi connectivity index (χ0v) is 15.5. The van der Waals surface area contributed by atoms with Crippen LogP contribution in [0.15, 0.2) is 24.5 Å². The van der Waals surface area contributed by atoms with Gasteiger partial charge in [-0.25, -0.2) is 4.98 Å². The molecule has 3 aromatic rings. The number of hydrogen-bond donors (Lipinski definition) is 1. The topological polar surface area (TPSA) is 65.1 Å². The van der Waals surface area contributed by atoms with Gasteiger partial charge in [0.05, 0.1) is 42.9 Å². The van der Waals surface area contributed by atoms with Crippen molar-refractivity contribution >= 4 is 0 Å². The van der Waals surface area contributed by atoms with Crippen LogP contribution in [0.2, 0.25) is 0 Å². The fourth-order valence-corrected chi connectivity index (χ4v) is 3.98. The van der Waals surface area contributed by atoms with Crippen LogP contribution in [0.4, 0.5) is 0 Å². The molecule has 2 heterocycles. The Hall–Kier alpha value is -2.60. The number of aromatic nitrogens is 4. The van der Waals surface area contributed by atoms with Crippen molar-refractivity contribution in [2.45, 2.75) is 39.7 Å². The number of aliphatic hydroxyl groups is 1. The molecule has 1 aromatic carbocycles. The number of rotatable bonds is 5. The second-order valence-corrected chi connectivity index (χ2v) is 6.76. The van der Waals surface area contributed by atoms with Crippen LogP contribution in [0.5, 0.6) is 5.75 Å². The number of hydrogen-bond acceptors (Lipinski definition) is 4. The van der Waals surface area contributed by atoms with E-state index in [1.165, 1.54) is 17.5 Å². The maximum absolute atomic E-state index is 9.27. The zero-order chi connectivity index (χ0) is 18.3. The van der Waals surface area contributed by atoms with Gasteiger partial charge in [-0.1, -0.05) is 0 Å². The average Bonchev–Trinajstić information content (AvgIpc) is 3.33. The van der Waals surface area contributed by atoms with E-state index in [4.69, 9.17) is 4.74 Å². The molecule has 1 aliphatic carbocycles. The summed E-state index contributed by atoms with van der Waals surface area (Å²) in [4.78, 5) is 4.63. The molecule has 0 radical (unpaired) electrons. The van der Waals surface area contributed by atoms with E-state index >= 15 is 0 Å². The number of fused-ring (bicyclic) bond motifs is 1. The van der Waals surface area contributed by atoms with Crippen molar-refractivity contribution in [1.29, 1.82) is 0 Å². The number of ether oxygens (including phenoxy) is 1. The van der Waals surface area contributed by atoms with Gasteiger partial charge < -0.3 is 9.84 Å². The lowest BCUT2D eigenvalue weighted by Crippen LogP contribution is -2.07. The van der Waals surface area contributed by atoms with Gasteiger partial charge in [0.25, 0.3) is 0 Å². The van der Waals surface area contributed by atoms with Gasteiger partial charge in [-0.2, -0.15) is 5.10 Å². The third-order valence-electron chi connectivity index (χ3n) is 5.19. The van der Waals surface area contributed by atoms with Gasteiger partial charge in [0.15, 0.2) is 0 Å². The quantitative estimate of drug-likeness (QED) is 0.767. The summed E-state index contributed by atoms with van der Waals surface area (Å²) in [5, 5.41) is 13.8. The van der Waals surface area contributed by atoms with Crippen molar-refractivity contribution in [2.75, 3.05) is 13.7 Å². The third-order valence-corrected chi connectivity index (χ3v) is 5.19. The van der Waals surface area contributed by atoms with E-state index in [9.17, 15) is 5.11 Å². The molecule has 1 aliphatic rings. The molecule has 0 aliphatic heterocycles. The smallest absolute Gasteiger partial charge is 0.148 e.